The topological polar surface area (TPSA) is 56.5 Å². The Morgan fingerprint density at radius 3 is 2.81 bits per heavy atom. The fraction of sp³-hybridized carbons (Fsp3) is 0.550. The molecule has 3 heterocycles. The third-order valence-corrected chi connectivity index (χ3v) is 6.61. The predicted octanol–water partition coefficient (Wildman–Crippen LogP) is 3.79. The number of halogens is 1. The average molecular weight is 375 g/mol. The predicted molar refractivity (Wildman–Crippen MR) is 98.0 cm³/mol. The van der Waals surface area contributed by atoms with Gasteiger partial charge < -0.3 is 19.1 Å². The van der Waals surface area contributed by atoms with Crippen molar-refractivity contribution in [1.29, 1.82) is 0 Å². The van der Waals surface area contributed by atoms with Crippen LogP contribution in [0.1, 0.15) is 43.7 Å². The molecular formula is C20H23ClN2O3. The van der Waals surface area contributed by atoms with Gasteiger partial charge in [0.1, 0.15) is 0 Å². The third kappa shape index (κ3) is 2.61. The fourth-order valence-corrected chi connectivity index (χ4v) is 5.20. The molecule has 1 spiro atoms. The summed E-state index contributed by atoms with van der Waals surface area (Å²) in [5, 5.41) is 11.7. The van der Waals surface area contributed by atoms with E-state index in [1.54, 1.807) is 0 Å². The molecule has 26 heavy (non-hydrogen) atoms. The minimum absolute atomic E-state index is 0.0427. The van der Waals surface area contributed by atoms with Gasteiger partial charge in [0.25, 0.3) is 0 Å². The van der Waals surface area contributed by atoms with Gasteiger partial charge >= 0.3 is 0 Å². The molecule has 5 nitrogen and oxygen atoms in total. The van der Waals surface area contributed by atoms with Gasteiger partial charge in [-0.2, -0.15) is 0 Å². The smallest absolute Gasteiger partial charge is 0.168 e. The number of hydrogen-bond donors (Lipinski definition) is 1. The lowest BCUT2D eigenvalue weighted by atomic mass is 9.79. The molecule has 2 atom stereocenters. The second-order valence-corrected chi connectivity index (χ2v) is 8.06. The monoisotopic (exact) mass is 374 g/mol. The Morgan fingerprint density at radius 2 is 2.04 bits per heavy atom. The van der Waals surface area contributed by atoms with E-state index in [9.17, 15) is 5.11 Å². The number of imidazole rings is 1. The number of aliphatic hydroxyl groups excluding tert-OH is 1. The SMILES string of the molecule is OC(CC1c2c(Cl)cccc2-c2cncn21)C1CCC2(CC1)OCCO2. The maximum atomic E-state index is 11.0. The van der Waals surface area contributed by atoms with Crippen LogP contribution in [0.2, 0.25) is 5.02 Å². The van der Waals surface area contributed by atoms with Crippen molar-refractivity contribution in [3.63, 3.8) is 0 Å². The number of rotatable bonds is 3. The van der Waals surface area contributed by atoms with Crippen LogP contribution in [-0.4, -0.2) is 39.8 Å². The molecule has 6 heteroatoms. The molecule has 0 radical (unpaired) electrons. The molecule has 1 saturated carbocycles. The van der Waals surface area contributed by atoms with Crippen LogP contribution in [0.15, 0.2) is 30.7 Å². The number of aromatic nitrogens is 2. The molecular weight excluding hydrogens is 352 g/mol. The largest absolute Gasteiger partial charge is 0.393 e. The summed E-state index contributed by atoms with van der Waals surface area (Å²) >= 11 is 6.51. The van der Waals surface area contributed by atoms with Gasteiger partial charge in [-0.3, -0.25) is 0 Å². The van der Waals surface area contributed by atoms with Crippen LogP contribution in [0, 0.1) is 5.92 Å². The summed E-state index contributed by atoms with van der Waals surface area (Å²) in [6.07, 6.45) is 7.59. The quantitative estimate of drug-likeness (QED) is 0.888. The summed E-state index contributed by atoms with van der Waals surface area (Å²) in [6, 6.07) is 6.03. The van der Waals surface area contributed by atoms with Crippen molar-refractivity contribution in [2.45, 2.75) is 50.0 Å². The summed E-state index contributed by atoms with van der Waals surface area (Å²) in [4.78, 5) is 4.30. The van der Waals surface area contributed by atoms with Gasteiger partial charge in [-0.05, 0) is 31.2 Å². The van der Waals surface area contributed by atoms with Crippen molar-refractivity contribution in [2.75, 3.05) is 13.2 Å². The number of aliphatic hydroxyl groups is 1. The summed E-state index contributed by atoms with van der Waals surface area (Å²) < 4.78 is 13.8. The van der Waals surface area contributed by atoms with E-state index in [1.807, 2.05) is 24.7 Å². The first-order valence-corrected chi connectivity index (χ1v) is 9.81. The molecule has 1 saturated heterocycles. The fourth-order valence-electron chi connectivity index (χ4n) is 4.90. The summed E-state index contributed by atoms with van der Waals surface area (Å²) in [5.74, 6) is -0.108. The van der Waals surface area contributed by atoms with Crippen molar-refractivity contribution in [1.82, 2.24) is 9.55 Å². The van der Waals surface area contributed by atoms with Crippen LogP contribution in [0.5, 0.6) is 0 Å². The zero-order chi connectivity index (χ0) is 17.7. The molecule has 2 fully saturated rings. The van der Waals surface area contributed by atoms with E-state index >= 15 is 0 Å². The van der Waals surface area contributed by atoms with E-state index in [-0.39, 0.29) is 23.9 Å². The van der Waals surface area contributed by atoms with Gasteiger partial charge in [-0.15, -0.1) is 0 Å². The minimum Gasteiger partial charge on any atom is -0.393 e. The molecule has 3 aliphatic rings. The van der Waals surface area contributed by atoms with E-state index in [2.05, 4.69) is 15.6 Å². The van der Waals surface area contributed by atoms with Crippen LogP contribution in [-0.2, 0) is 9.47 Å². The first kappa shape index (κ1) is 16.8. The molecule has 0 bridgehead atoms. The Bertz CT molecular complexity index is 805. The lowest BCUT2D eigenvalue weighted by Crippen LogP contribution is -2.38. The van der Waals surface area contributed by atoms with Gasteiger partial charge in [0.05, 0.1) is 43.6 Å². The Morgan fingerprint density at radius 1 is 1.27 bits per heavy atom. The van der Waals surface area contributed by atoms with Gasteiger partial charge in [0.15, 0.2) is 5.79 Å². The number of hydrogen-bond acceptors (Lipinski definition) is 4. The van der Waals surface area contributed by atoms with Crippen LogP contribution in [0.3, 0.4) is 0 Å². The Labute approximate surface area is 157 Å². The number of benzene rings is 1. The van der Waals surface area contributed by atoms with Crippen molar-refractivity contribution >= 4 is 11.6 Å². The lowest BCUT2D eigenvalue weighted by molar-refractivity contribution is -0.187. The normalized spacial score (nSPS) is 25.4. The molecule has 138 valence electrons. The first-order chi connectivity index (χ1) is 12.7. The van der Waals surface area contributed by atoms with E-state index in [1.165, 1.54) is 0 Å². The molecule has 5 rings (SSSR count). The van der Waals surface area contributed by atoms with Gasteiger partial charge in [-0.25, -0.2) is 4.98 Å². The van der Waals surface area contributed by atoms with Gasteiger partial charge in [-0.1, -0.05) is 23.7 Å². The van der Waals surface area contributed by atoms with Gasteiger partial charge in [0.2, 0.25) is 0 Å². The summed E-state index contributed by atoms with van der Waals surface area (Å²) in [7, 11) is 0. The highest BCUT2D eigenvalue weighted by Gasteiger charge is 2.42. The Kier molecular flexibility index (Phi) is 4.09. The number of nitrogens with zero attached hydrogens (tertiary/aromatic N) is 2. The molecule has 2 unspecified atom stereocenters. The van der Waals surface area contributed by atoms with Crippen molar-refractivity contribution in [3.05, 3.63) is 41.3 Å². The van der Waals surface area contributed by atoms with Crippen LogP contribution in [0.25, 0.3) is 11.3 Å². The molecule has 2 aliphatic heterocycles. The molecule has 1 aromatic carbocycles. The first-order valence-electron chi connectivity index (χ1n) is 9.43. The van der Waals surface area contributed by atoms with Crippen LogP contribution in [0.4, 0.5) is 0 Å². The molecule has 1 aromatic heterocycles. The average Bonchev–Trinajstić information content (AvgIpc) is 3.35. The highest BCUT2D eigenvalue weighted by molar-refractivity contribution is 6.32. The van der Waals surface area contributed by atoms with E-state index in [4.69, 9.17) is 21.1 Å². The van der Waals surface area contributed by atoms with Crippen LogP contribution >= 0.6 is 11.6 Å². The van der Waals surface area contributed by atoms with Crippen LogP contribution < -0.4 is 0 Å². The summed E-state index contributed by atoms with van der Waals surface area (Å²) in [6.45, 7) is 1.38. The lowest BCUT2D eigenvalue weighted by Gasteiger charge is -2.37. The molecule has 2 aromatic rings. The number of fused-ring (bicyclic) bond motifs is 3. The maximum Gasteiger partial charge on any atom is 0.168 e. The zero-order valence-corrected chi connectivity index (χ0v) is 15.4. The zero-order valence-electron chi connectivity index (χ0n) is 14.6. The number of ether oxygens (including phenoxy) is 2. The second kappa shape index (κ2) is 6.34. The summed E-state index contributed by atoms with van der Waals surface area (Å²) in [5.41, 5.74) is 3.32. The van der Waals surface area contributed by atoms with E-state index < -0.39 is 0 Å². The standard InChI is InChI=1S/C20H23ClN2O3/c21-15-3-1-2-14-17-11-22-12-23(17)16(19(14)15)10-18(24)13-4-6-20(7-5-13)25-8-9-26-20/h1-3,11-13,16,18,24H,4-10H2. The third-order valence-electron chi connectivity index (χ3n) is 6.28. The molecule has 1 aliphatic carbocycles. The van der Waals surface area contributed by atoms with Crippen molar-refractivity contribution in [3.8, 4) is 11.3 Å². The van der Waals surface area contributed by atoms with E-state index in [0.717, 1.165) is 47.5 Å². The van der Waals surface area contributed by atoms with E-state index in [0.29, 0.717) is 19.6 Å². The highest BCUT2D eigenvalue weighted by atomic mass is 35.5. The molecule has 1 N–H and O–H groups in total. The van der Waals surface area contributed by atoms with Gasteiger partial charge in [0, 0.05) is 29.0 Å². The Balaban J connectivity index is 1.34. The minimum atomic E-state index is -0.378. The Hall–Kier alpha value is -1.40. The second-order valence-electron chi connectivity index (χ2n) is 7.65. The van der Waals surface area contributed by atoms with Crippen molar-refractivity contribution < 1.29 is 14.6 Å². The van der Waals surface area contributed by atoms with Crippen molar-refractivity contribution in [2.24, 2.45) is 5.92 Å². The maximum absolute atomic E-state index is 11.0. The molecule has 0 amide bonds. The highest BCUT2D eigenvalue weighted by Crippen LogP contribution is 2.46.